The van der Waals surface area contributed by atoms with Gasteiger partial charge < -0.3 is 19.6 Å². The third-order valence-corrected chi connectivity index (χ3v) is 3.46. The number of ether oxygens (including phenoxy) is 2. The summed E-state index contributed by atoms with van der Waals surface area (Å²) in [6.07, 6.45) is 0. The van der Waals surface area contributed by atoms with Gasteiger partial charge in [-0.25, -0.2) is 4.79 Å². The van der Waals surface area contributed by atoms with E-state index in [-0.39, 0.29) is 11.8 Å². The number of hydrogen-bond acceptors (Lipinski definition) is 5. The van der Waals surface area contributed by atoms with Crippen molar-refractivity contribution in [1.82, 2.24) is 4.57 Å². The van der Waals surface area contributed by atoms with Gasteiger partial charge in [-0.05, 0) is 19.1 Å². The SMILES string of the molecule is Cn1c(=O)oc2cc(C3(C)OCC(N)CO3)ccc21. The van der Waals surface area contributed by atoms with E-state index in [0.29, 0.717) is 18.8 Å². The Balaban J connectivity index is 2.03. The van der Waals surface area contributed by atoms with Crippen LogP contribution in [0.25, 0.3) is 11.1 Å². The van der Waals surface area contributed by atoms with Crippen LogP contribution in [-0.4, -0.2) is 23.8 Å². The normalized spacial score (nSPS) is 27.8. The Labute approximate surface area is 109 Å². The first-order chi connectivity index (χ1) is 8.99. The van der Waals surface area contributed by atoms with Gasteiger partial charge in [0.05, 0.1) is 24.8 Å². The standard InChI is InChI=1S/C13H16N2O4/c1-13(17-6-9(14)7-18-13)8-3-4-10-11(5-8)19-12(16)15(10)2/h3-5,9H,6-7,14H2,1-2H3. The van der Waals surface area contributed by atoms with Gasteiger partial charge in [0.25, 0.3) is 0 Å². The van der Waals surface area contributed by atoms with E-state index in [1.807, 2.05) is 19.1 Å². The molecule has 102 valence electrons. The van der Waals surface area contributed by atoms with Gasteiger partial charge in [-0.3, -0.25) is 4.57 Å². The molecule has 0 unspecified atom stereocenters. The molecule has 2 heterocycles. The maximum absolute atomic E-state index is 11.5. The van der Waals surface area contributed by atoms with Gasteiger partial charge in [-0.2, -0.15) is 0 Å². The number of benzene rings is 1. The first kappa shape index (κ1) is 12.4. The van der Waals surface area contributed by atoms with Crippen molar-refractivity contribution in [3.8, 4) is 0 Å². The summed E-state index contributed by atoms with van der Waals surface area (Å²) in [6.45, 7) is 2.71. The van der Waals surface area contributed by atoms with Gasteiger partial charge in [-0.1, -0.05) is 6.07 Å². The van der Waals surface area contributed by atoms with Gasteiger partial charge in [0, 0.05) is 12.6 Å². The van der Waals surface area contributed by atoms with Crippen molar-refractivity contribution in [2.24, 2.45) is 12.8 Å². The summed E-state index contributed by atoms with van der Waals surface area (Å²) < 4.78 is 18.0. The summed E-state index contributed by atoms with van der Waals surface area (Å²) in [5, 5.41) is 0. The zero-order chi connectivity index (χ0) is 13.6. The summed E-state index contributed by atoms with van der Waals surface area (Å²) in [5.74, 6) is -1.23. The minimum atomic E-state index is -0.849. The molecule has 1 aliphatic rings. The average Bonchev–Trinajstić information content (AvgIpc) is 2.68. The van der Waals surface area contributed by atoms with Crippen molar-refractivity contribution in [2.75, 3.05) is 13.2 Å². The third kappa shape index (κ3) is 1.98. The van der Waals surface area contributed by atoms with Crippen LogP contribution in [0.4, 0.5) is 0 Å². The Hall–Kier alpha value is -1.63. The topological polar surface area (TPSA) is 79.6 Å². The molecule has 0 spiro atoms. The molecule has 1 saturated heterocycles. The lowest BCUT2D eigenvalue weighted by atomic mass is 10.1. The molecule has 0 saturated carbocycles. The van der Waals surface area contributed by atoms with Crippen LogP contribution < -0.4 is 11.5 Å². The molecular weight excluding hydrogens is 248 g/mol. The van der Waals surface area contributed by atoms with Gasteiger partial charge in [0.15, 0.2) is 11.4 Å². The summed E-state index contributed by atoms with van der Waals surface area (Å²) in [7, 11) is 1.67. The predicted molar refractivity (Wildman–Crippen MR) is 68.7 cm³/mol. The molecule has 2 aromatic rings. The lowest BCUT2D eigenvalue weighted by molar-refractivity contribution is -0.270. The Morgan fingerprint density at radius 1 is 1.37 bits per heavy atom. The number of aromatic nitrogens is 1. The predicted octanol–water partition coefficient (Wildman–Crippen LogP) is 0.678. The zero-order valence-corrected chi connectivity index (χ0v) is 10.9. The lowest BCUT2D eigenvalue weighted by Crippen LogP contribution is -2.46. The summed E-state index contributed by atoms with van der Waals surface area (Å²) in [6, 6.07) is 5.36. The fourth-order valence-electron chi connectivity index (χ4n) is 2.20. The quantitative estimate of drug-likeness (QED) is 0.819. The second-order valence-corrected chi connectivity index (χ2v) is 4.94. The second-order valence-electron chi connectivity index (χ2n) is 4.94. The van der Waals surface area contributed by atoms with Crippen LogP contribution in [0, 0.1) is 0 Å². The van der Waals surface area contributed by atoms with E-state index in [4.69, 9.17) is 19.6 Å². The molecule has 0 radical (unpaired) electrons. The number of oxazole rings is 1. The molecule has 2 N–H and O–H groups in total. The smallest absolute Gasteiger partial charge is 0.408 e. The molecular formula is C13H16N2O4. The minimum absolute atomic E-state index is 0.105. The maximum Gasteiger partial charge on any atom is 0.419 e. The molecule has 6 nitrogen and oxygen atoms in total. The van der Waals surface area contributed by atoms with E-state index >= 15 is 0 Å². The number of nitrogens with two attached hydrogens (primary N) is 1. The van der Waals surface area contributed by atoms with Crippen LogP contribution in [-0.2, 0) is 22.3 Å². The molecule has 0 atom stereocenters. The number of nitrogens with zero attached hydrogens (tertiary/aromatic N) is 1. The van der Waals surface area contributed by atoms with Crippen LogP contribution in [0.3, 0.4) is 0 Å². The number of rotatable bonds is 1. The van der Waals surface area contributed by atoms with Crippen molar-refractivity contribution in [1.29, 1.82) is 0 Å². The highest BCUT2D eigenvalue weighted by Gasteiger charge is 2.34. The third-order valence-electron chi connectivity index (χ3n) is 3.46. The Morgan fingerprint density at radius 3 is 2.74 bits per heavy atom. The molecule has 0 aliphatic carbocycles. The van der Waals surface area contributed by atoms with Crippen LogP contribution in [0.1, 0.15) is 12.5 Å². The van der Waals surface area contributed by atoms with Crippen molar-refractivity contribution >= 4 is 11.1 Å². The first-order valence-corrected chi connectivity index (χ1v) is 6.13. The summed E-state index contributed by atoms with van der Waals surface area (Å²) in [5.41, 5.74) is 7.80. The molecule has 1 aromatic carbocycles. The highest BCUT2D eigenvalue weighted by atomic mass is 16.7. The summed E-state index contributed by atoms with van der Waals surface area (Å²) >= 11 is 0. The summed E-state index contributed by atoms with van der Waals surface area (Å²) in [4.78, 5) is 11.5. The van der Waals surface area contributed by atoms with Crippen LogP contribution in [0.15, 0.2) is 27.4 Å². The number of aryl methyl sites for hydroxylation is 1. The van der Waals surface area contributed by atoms with Crippen LogP contribution in [0.2, 0.25) is 0 Å². The molecule has 1 fully saturated rings. The first-order valence-electron chi connectivity index (χ1n) is 6.13. The van der Waals surface area contributed by atoms with Crippen molar-refractivity contribution in [3.05, 3.63) is 34.3 Å². The van der Waals surface area contributed by atoms with E-state index in [9.17, 15) is 4.79 Å². The Bertz CT molecular complexity index is 665. The maximum atomic E-state index is 11.5. The van der Waals surface area contributed by atoms with Crippen LogP contribution >= 0.6 is 0 Å². The molecule has 1 aromatic heterocycles. The van der Waals surface area contributed by atoms with E-state index < -0.39 is 5.79 Å². The second kappa shape index (κ2) is 4.19. The van der Waals surface area contributed by atoms with Crippen molar-refractivity contribution < 1.29 is 13.9 Å². The van der Waals surface area contributed by atoms with E-state index in [2.05, 4.69) is 0 Å². The van der Waals surface area contributed by atoms with E-state index in [1.165, 1.54) is 4.57 Å². The molecule has 1 aliphatic heterocycles. The fourth-order valence-corrected chi connectivity index (χ4v) is 2.20. The lowest BCUT2D eigenvalue weighted by Gasteiger charge is -2.36. The highest BCUT2D eigenvalue weighted by Crippen LogP contribution is 2.31. The Morgan fingerprint density at radius 2 is 2.05 bits per heavy atom. The highest BCUT2D eigenvalue weighted by molar-refractivity contribution is 5.73. The van der Waals surface area contributed by atoms with E-state index in [1.54, 1.807) is 13.1 Å². The zero-order valence-electron chi connectivity index (χ0n) is 10.9. The van der Waals surface area contributed by atoms with Gasteiger partial charge >= 0.3 is 5.76 Å². The van der Waals surface area contributed by atoms with Gasteiger partial charge in [0.2, 0.25) is 0 Å². The van der Waals surface area contributed by atoms with Gasteiger partial charge in [0.1, 0.15) is 0 Å². The van der Waals surface area contributed by atoms with Gasteiger partial charge in [-0.15, -0.1) is 0 Å². The monoisotopic (exact) mass is 264 g/mol. The fraction of sp³-hybridized carbons (Fsp3) is 0.462. The number of hydrogen-bond donors (Lipinski definition) is 1. The molecule has 0 bridgehead atoms. The van der Waals surface area contributed by atoms with Crippen LogP contribution in [0.5, 0.6) is 0 Å². The number of fused-ring (bicyclic) bond motifs is 1. The molecule has 6 heteroatoms. The molecule has 3 rings (SSSR count). The Kier molecular flexibility index (Phi) is 2.74. The minimum Gasteiger partial charge on any atom is -0.408 e. The molecule has 19 heavy (non-hydrogen) atoms. The van der Waals surface area contributed by atoms with Crippen molar-refractivity contribution in [3.63, 3.8) is 0 Å². The van der Waals surface area contributed by atoms with E-state index in [0.717, 1.165) is 11.1 Å². The van der Waals surface area contributed by atoms with Crippen molar-refractivity contribution in [2.45, 2.75) is 18.8 Å². The largest absolute Gasteiger partial charge is 0.419 e. The molecule has 0 amide bonds. The average molecular weight is 264 g/mol.